The molecule has 3 aromatic rings. The molecule has 0 fully saturated rings. The van der Waals surface area contributed by atoms with Crippen molar-refractivity contribution in [2.45, 2.75) is 0 Å². The van der Waals surface area contributed by atoms with Crippen molar-refractivity contribution in [2.75, 3.05) is 39.2 Å². The van der Waals surface area contributed by atoms with E-state index in [0.717, 1.165) is 16.0 Å². The summed E-state index contributed by atoms with van der Waals surface area (Å²) in [5.41, 5.74) is 1.14. The van der Waals surface area contributed by atoms with Crippen LogP contribution in [0.5, 0.6) is 5.75 Å². The lowest BCUT2D eigenvalue weighted by Gasteiger charge is -2.21. The Hall–Kier alpha value is -2.58. The van der Waals surface area contributed by atoms with Gasteiger partial charge >= 0.3 is 0 Å². The van der Waals surface area contributed by atoms with E-state index in [1.54, 1.807) is 18.2 Å². The molecule has 7 nitrogen and oxygen atoms in total. The van der Waals surface area contributed by atoms with Gasteiger partial charge in [0.25, 0.3) is 5.91 Å². The van der Waals surface area contributed by atoms with Crippen molar-refractivity contribution in [3.05, 3.63) is 42.5 Å². The van der Waals surface area contributed by atoms with Crippen LogP contribution in [0.1, 0.15) is 10.5 Å². The maximum Gasteiger partial charge on any atom is 0.280 e. The van der Waals surface area contributed by atoms with Gasteiger partial charge in [-0.1, -0.05) is 11.3 Å². The number of anilines is 1. The van der Waals surface area contributed by atoms with E-state index < -0.39 is 0 Å². The van der Waals surface area contributed by atoms with Crippen molar-refractivity contribution in [1.29, 1.82) is 0 Å². The SMILES string of the molecule is COc1ccc2nc(N(CCN(C)C)C(=O)c3cnccn3)sc2c1. The van der Waals surface area contributed by atoms with Gasteiger partial charge in [0.15, 0.2) is 5.13 Å². The number of fused-ring (bicyclic) bond motifs is 1. The Kier molecular flexibility index (Phi) is 5.20. The van der Waals surface area contributed by atoms with Crippen LogP contribution in [0.15, 0.2) is 36.8 Å². The normalized spacial score (nSPS) is 11.0. The third-order valence-corrected chi connectivity index (χ3v) is 4.65. The molecule has 3 rings (SSSR count). The molecule has 2 heterocycles. The highest BCUT2D eigenvalue weighted by Crippen LogP contribution is 2.31. The summed E-state index contributed by atoms with van der Waals surface area (Å²) in [6.07, 6.45) is 4.53. The summed E-state index contributed by atoms with van der Waals surface area (Å²) in [6.45, 7) is 1.23. The molecule has 0 atom stereocenters. The lowest BCUT2D eigenvalue weighted by molar-refractivity contribution is 0.0980. The maximum atomic E-state index is 12.9. The Morgan fingerprint density at radius 3 is 2.76 bits per heavy atom. The molecule has 0 N–H and O–H groups in total. The van der Waals surface area contributed by atoms with Crippen molar-refractivity contribution in [3.8, 4) is 5.75 Å². The number of ether oxygens (including phenoxy) is 1. The second-order valence-corrected chi connectivity index (χ2v) is 6.69. The fraction of sp³-hybridized carbons (Fsp3) is 0.294. The Morgan fingerprint density at radius 2 is 2.08 bits per heavy atom. The van der Waals surface area contributed by atoms with Gasteiger partial charge in [0.05, 0.1) is 23.5 Å². The highest BCUT2D eigenvalue weighted by Gasteiger charge is 2.22. The first kappa shape index (κ1) is 17.2. The average Bonchev–Trinajstić information content (AvgIpc) is 3.04. The zero-order chi connectivity index (χ0) is 17.8. The topological polar surface area (TPSA) is 71.5 Å². The fourth-order valence-electron chi connectivity index (χ4n) is 2.27. The number of hydrogen-bond acceptors (Lipinski definition) is 7. The number of aromatic nitrogens is 3. The van der Waals surface area contributed by atoms with E-state index in [1.165, 1.54) is 23.7 Å². The standard InChI is InChI=1S/C17H19N5O2S/c1-21(2)8-9-22(16(23)14-11-18-6-7-19-14)17-20-13-5-4-12(24-3)10-15(13)25-17/h4-7,10-11H,8-9H2,1-3H3. The molecule has 0 saturated carbocycles. The van der Waals surface area contributed by atoms with Crippen molar-refractivity contribution in [2.24, 2.45) is 0 Å². The molecule has 8 heteroatoms. The van der Waals surface area contributed by atoms with Gasteiger partial charge in [-0.15, -0.1) is 0 Å². The van der Waals surface area contributed by atoms with Crippen LogP contribution in [-0.4, -0.2) is 60.1 Å². The van der Waals surface area contributed by atoms with E-state index in [4.69, 9.17) is 4.74 Å². The van der Waals surface area contributed by atoms with E-state index in [2.05, 4.69) is 15.0 Å². The first-order valence-corrected chi connectivity index (χ1v) is 8.57. The van der Waals surface area contributed by atoms with Crippen molar-refractivity contribution in [3.63, 3.8) is 0 Å². The predicted molar refractivity (Wildman–Crippen MR) is 98.4 cm³/mol. The summed E-state index contributed by atoms with van der Waals surface area (Å²) in [5, 5.41) is 0.640. The summed E-state index contributed by atoms with van der Waals surface area (Å²) in [4.78, 5) is 29.3. The fourth-order valence-corrected chi connectivity index (χ4v) is 3.29. The quantitative estimate of drug-likeness (QED) is 0.674. The minimum absolute atomic E-state index is 0.207. The Morgan fingerprint density at radius 1 is 1.24 bits per heavy atom. The number of nitrogens with zero attached hydrogens (tertiary/aromatic N) is 5. The number of hydrogen-bond donors (Lipinski definition) is 0. The lowest BCUT2D eigenvalue weighted by Crippen LogP contribution is -2.37. The number of methoxy groups -OCH3 is 1. The smallest absolute Gasteiger partial charge is 0.280 e. The molecule has 25 heavy (non-hydrogen) atoms. The van der Waals surface area contributed by atoms with Gasteiger partial charge in [-0.3, -0.25) is 14.7 Å². The summed E-state index contributed by atoms with van der Waals surface area (Å²) >= 11 is 1.46. The van der Waals surface area contributed by atoms with Crippen LogP contribution in [-0.2, 0) is 0 Å². The molecule has 2 aromatic heterocycles. The highest BCUT2D eigenvalue weighted by atomic mass is 32.1. The van der Waals surface area contributed by atoms with Gasteiger partial charge in [-0.25, -0.2) is 9.97 Å². The van der Waals surface area contributed by atoms with E-state index in [9.17, 15) is 4.79 Å². The number of carbonyl (C=O) groups excluding carboxylic acids is 1. The Bertz CT molecular complexity index is 866. The van der Waals surface area contributed by atoms with Gasteiger partial charge in [-0.2, -0.15) is 0 Å². The summed E-state index contributed by atoms with van der Waals surface area (Å²) in [6, 6.07) is 5.68. The molecule has 0 aliphatic rings. The molecule has 0 saturated heterocycles. The molecular formula is C17H19N5O2S. The zero-order valence-corrected chi connectivity index (χ0v) is 15.2. The number of rotatable bonds is 6. The molecule has 1 aromatic carbocycles. The first-order chi connectivity index (χ1) is 12.1. The van der Waals surface area contributed by atoms with E-state index >= 15 is 0 Å². The molecule has 0 aliphatic heterocycles. The average molecular weight is 357 g/mol. The molecule has 0 bridgehead atoms. The van der Waals surface area contributed by atoms with E-state index in [-0.39, 0.29) is 5.91 Å². The Balaban J connectivity index is 1.97. The van der Waals surface area contributed by atoms with Gasteiger partial charge in [0.1, 0.15) is 11.4 Å². The van der Waals surface area contributed by atoms with E-state index in [1.807, 2.05) is 37.2 Å². The Labute approximate surface area is 149 Å². The van der Waals surface area contributed by atoms with E-state index in [0.29, 0.717) is 23.9 Å². The molecule has 130 valence electrons. The van der Waals surface area contributed by atoms with Crippen LogP contribution in [0.4, 0.5) is 5.13 Å². The summed E-state index contributed by atoms with van der Waals surface area (Å²) in [7, 11) is 5.56. The number of carbonyl (C=O) groups is 1. The van der Waals surface area contributed by atoms with Crippen LogP contribution in [0, 0.1) is 0 Å². The second-order valence-electron chi connectivity index (χ2n) is 5.68. The van der Waals surface area contributed by atoms with Crippen molar-refractivity contribution >= 4 is 32.6 Å². The third-order valence-electron chi connectivity index (χ3n) is 3.61. The molecule has 1 amide bonds. The van der Waals surface area contributed by atoms with Crippen molar-refractivity contribution < 1.29 is 9.53 Å². The van der Waals surface area contributed by atoms with Gasteiger partial charge in [0.2, 0.25) is 0 Å². The largest absolute Gasteiger partial charge is 0.497 e. The summed E-state index contributed by atoms with van der Waals surface area (Å²) in [5.74, 6) is 0.559. The van der Waals surface area contributed by atoms with Crippen molar-refractivity contribution in [1.82, 2.24) is 19.9 Å². The van der Waals surface area contributed by atoms with Crippen LogP contribution in [0.2, 0.25) is 0 Å². The molecule has 0 unspecified atom stereocenters. The number of benzene rings is 1. The minimum atomic E-state index is -0.207. The summed E-state index contributed by atoms with van der Waals surface area (Å²) < 4.78 is 6.23. The van der Waals surface area contributed by atoms with Gasteiger partial charge in [0, 0.05) is 25.5 Å². The van der Waals surface area contributed by atoms with Crippen LogP contribution in [0.3, 0.4) is 0 Å². The lowest BCUT2D eigenvalue weighted by atomic mass is 10.3. The van der Waals surface area contributed by atoms with Crippen LogP contribution >= 0.6 is 11.3 Å². The van der Waals surface area contributed by atoms with Crippen LogP contribution in [0.25, 0.3) is 10.2 Å². The van der Waals surface area contributed by atoms with Crippen LogP contribution < -0.4 is 9.64 Å². The molecule has 0 aliphatic carbocycles. The van der Waals surface area contributed by atoms with Gasteiger partial charge in [-0.05, 0) is 32.3 Å². The molecular weight excluding hydrogens is 338 g/mol. The maximum absolute atomic E-state index is 12.9. The predicted octanol–water partition coefficient (Wildman–Crippen LogP) is 2.30. The first-order valence-electron chi connectivity index (χ1n) is 7.75. The molecule has 0 spiro atoms. The minimum Gasteiger partial charge on any atom is -0.497 e. The zero-order valence-electron chi connectivity index (χ0n) is 14.3. The monoisotopic (exact) mass is 357 g/mol. The third kappa shape index (κ3) is 3.92. The van der Waals surface area contributed by atoms with Gasteiger partial charge < -0.3 is 9.64 Å². The molecule has 0 radical (unpaired) electrons. The number of likely N-dealkylation sites (N-methyl/N-ethyl adjacent to an activating group) is 1. The second kappa shape index (κ2) is 7.54. The number of amides is 1. The highest BCUT2D eigenvalue weighted by molar-refractivity contribution is 7.22. The number of thiazole rings is 1.